The third kappa shape index (κ3) is 5.69. The Kier molecular flexibility index (Phi) is 6.82. The summed E-state index contributed by atoms with van der Waals surface area (Å²) < 4.78 is 12.2. The van der Waals surface area contributed by atoms with Crippen LogP contribution in [0.4, 0.5) is 11.5 Å². The van der Waals surface area contributed by atoms with Crippen LogP contribution >= 0.6 is 0 Å². The highest BCUT2D eigenvalue weighted by atomic mass is 16.5. The maximum absolute atomic E-state index is 12.9. The molecule has 0 fully saturated rings. The quantitative estimate of drug-likeness (QED) is 0.422. The number of hydrogen-bond donors (Lipinski definition) is 2. The highest BCUT2D eigenvalue weighted by Gasteiger charge is 2.15. The van der Waals surface area contributed by atoms with Gasteiger partial charge in [-0.25, -0.2) is 9.97 Å². The van der Waals surface area contributed by atoms with Gasteiger partial charge in [0.25, 0.3) is 11.5 Å². The Hall–Kier alpha value is -4.99. The first-order valence-corrected chi connectivity index (χ1v) is 10.5. The Morgan fingerprint density at radius 3 is 2.26 bits per heavy atom. The van der Waals surface area contributed by atoms with Crippen LogP contribution in [0.3, 0.4) is 0 Å². The van der Waals surface area contributed by atoms with Gasteiger partial charge in [0.15, 0.2) is 5.69 Å². The van der Waals surface area contributed by atoms with Crippen LogP contribution in [0.5, 0.6) is 17.2 Å². The second-order valence-corrected chi connectivity index (χ2v) is 7.29. The fourth-order valence-electron chi connectivity index (χ4n) is 3.17. The Morgan fingerprint density at radius 2 is 1.57 bits per heavy atom. The van der Waals surface area contributed by atoms with Gasteiger partial charge in [0.2, 0.25) is 5.91 Å². The molecule has 0 saturated carbocycles. The highest BCUT2D eigenvalue weighted by Crippen LogP contribution is 2.24. The van der Waals surface area contributed by atoms with E-state index in [1.54, 1.807) is 67.8 Å². The van der Waals surface area contributed by atoms with Gasteiger partial charge in [0.1, 0.15) is 23.1 Å². The maximum Gasteiger partial charge on any atom is 0.286 e. The summed E-state index contributed by atoms with van der Waals surface area (Å²) in [6, 6.07) is 16.7. The normalized spacial score (nSPS) is 10.3. The second-order valence-electron chi connectivity index (χ2n) is 7.29. The lowest BCUT2D eigenvalue weighted by atomic mass is 10.2. The second kappa shape index (κ2) is 10.3. The van der Waals surface area contributed by atoms with Crippen LogP contribution < -0.4 is 25.7 Å². The first kappa shape index (κ1) is 23.2. The molecule has 2 heterocycles. The van der Waals surface area contributed by atoms with Crippen LogP contribution in [0, 0.1) is 0 Å². The largest absolute Gasteiger partial charge is 0.497 e. The number of nitrogens with one attached hydrogen (secondary N) is 2. The lowest BCUT2D eigenvalue weighted by molar-refractivity contribution is -0.114. The Bertz CT molecular complexity index is 1420. The molecule has 0 aliphatic heterocycles. The molecule has 0 radical (unpaired) electrons. The van der Waals surface area contributed by atoms with Gasteiger partial charge in [-0.1, -0.05) is 0 Å². The maximum atomic E-state index is 12.9. The molecular weight excluding hydrogens is 450 g/mol. The van der Waals surface area contributed by atoms with Crippen LogP contribution in [-0.4, -0.2) is 33.5 Å². The molecule has 35 heavy (non-hydrogen) atoms. The molecule has 0 unspecified atom stereocenters. The number of benzene rings is 2. The molecule has 0 spiro atoms. The Balaban J connectivity index is 1.46. The highest BCUT2D eigenvalue weighted by molar-refractivity contribution is 6.02. The third-order valence-corrected chi connectivity index (χ3v) is 4.79. The van der Waals surface area contributed by atoms with E-state index in [1.807, 2.05) is 0 Å². The van der Waals surface area contributed by atoms with E-state index >= 15 is 0 Å². The third-order valence-electron chi connectivity index (χ3n) is 4.79. The van der Waals surface area contributed by atoms with E-state index in [4.69, 9.17) is 9.47 Å². The molecule has 2 aromatic carbocycles. The van der Waals surface area contributed by atoms with E-state index in [9.17, 15) is 14.4 Å². The standard InChI is InChI=1S/C25H21N5O5/c1-16(31)28-22-15-21(11-12-26-22)35-20-7-3-17(4-8-20)29-24(32)23-25(33)30(14-13-27-23)18-5-9-19(34-2)10-6-18/h3-15H,1-2H3,(H,29,32)(H,26,28,31). The minimum Gasteiger partial charge on any atom is -0.497 e. The van der Waals surface area contributed by atoms with Crippen molar-refractivity contribution in [2.45, 2.75) is 6.92 Å². The number of methoxy groups -OCH3 is 1. The summed E-state index contributed by atoms with van der Waals surface area (Å²) in [7, 11) is 1.55. The van der Waals surface area contributed by atoms with Crippen molar-refractivity contribution in [3.8, 4) is 22.9 Å². The molecule has 2 N–H and O–H groups in total. The average Bonchev–Trinajstić information content (AvgIpc) is 2.85. The SMILES string of the molecule is COc1ccc(-n2ccnc(C(=O)Nc3ccc(Oc4ccnc(NC(C)=O)c4)cc3)c2=O)cc1. The summed E-state index contributed by atoms with van der Waals surface area (Å²) in [6.45, 7) is 1.39. The smallest absolute Gasteiger partial charge is 0.286 e. The molecule has 10 nitrogen and oxygen atoms in total. The van der Waals surface area contributed by atoms with E-state index in [2.05, 4.69) is 20.6 Å². The molecule has 2 amide bonds. The minimum atomic E-state index is -0.638. The van der Waals surface area contributed by atoms with Crippen molar-refractivity contribution in [3.63, 3.8) is 0 Å². The fourth-order valence-corrected chi connectivity index (χ4v) is 3.17. The van der Waals surface area contributed by atoms with Gasteiger partial charge in [0, 0.05) is 43.0 Å². The monoisotopic (exact) mass is 471 g/mol. The van der Waals surface area contributed by atoms with Crippen LogP contribution in [0.25, 0.3) is 5.69 Å². The lowest BCUT2D eigenvalue weighted by Gasteiger charge is -2.10. The summed E-state index contributed by atoms with van der Waals surface area (Å²) in [4.78, 5) is 44.8. The van der Waals surface area contributed by atoms with E-state index in [0.717, 1.165) is 0 Å². The van der Waals surface area contributed by atoms with Crippen molar-refractivity contribution < 1.29 is 19.1 Å². The number of aromatic nitrogens is 3. The van der Waals surface area contributed by atoms with Crippen molar-refractivity contribution in [2.24, 2.45) is 0 Å². The minimum absolute atomic E-state index is 0.238. The molecule has 0 aliphatic rings. The molecular formula is C25H21N5O5. The zero-order chi connectivity index (χ0) is 24.8. The van der Waals surface area contributed by atoms with Crippen molar-refractivity contribution in [1.29, 1.82) is 0 Å². The fraction of sp³-hybridized carbons (Fsp3) is 0.0800. The molecule has 0 bridgehead atoms. The summed E-state index contributed by atoms with van der Waals surface area (Å²) in [6.07, 6.45) is 4.39. The topological polar surface area (TPSA) is 124 Å². The molecule has 0 aliphatic carbocycles. The number of carbonyl (C=O) groups excluding carboxylic acids is 2. The van der Waals surface area contributed by atoms with Crippen LogP contribution in [0.2, 0.25) is 0 Å². The van der Waals surface area contributed by atoms with Gasteiger partial charge in [-0.2, -0.15) is 0 Å². The first-order valence-electron chi connectivity index (χ1n) is 10.5. The molecule has 176 valence electrons. The van der Waals surface area contributed by atoms with Gasteiger partial charge in [-0.3, -0.25) is 19.0 Å². The number of pyridine rings is 1. The van der Waals surface area contributed by atoms with Gasteiger partial charge in [-0.15, -0.1) is 0 Å². The van der Waals surface area contributed by atoms with Crippen LogP contribution in [0.15, 0.2) is 84.0 Å². The number of ether oxygens (including phenoxy) is 2. The summed E-state index contributed by atoms with van der Waals surface area (Å²) >= 11 is 0. The van der Waals surface area contributed by atoms with Crippen molar-refractivity contribution in [1.82, 2.24) is 14.5 Å². The zero-order valence-electron chi connectivity index (χ0n) is 18.9. The van der Waals surface area contributed by atoms with Crippen LogP contribution in [-0.2, 0) is 4.79 Å². The zero-order valence-corrected chi connectivity index (χ0v) is 18.9. The van der Waals surface area contributed by atoms with Crippen LogP contribution in [0.1, 0.15) is 17.4 Å². The van der Waals surface area contributed by atoms with Crippen molar-refractivity contribution >= 4 is 23.3 Å². The van der Waals surface area contributed by atoms with E-state index in [-0.39, 0.29) is 11.6 Å². The molecule has 4 rings (SSSR count). The predicted octanol–water partition coefficient (Wildman–Crippen LogP) is 3.64. The van der Waals surface area contributed by atoms with Gasteiger partial charge in [-0.05, 0) is 54.6 Å². The van der Waals surface area contributed by atoms with E-state index in [1.165, 1.54) is 30.1 Å². The van der Waals surface area contributed by atoms with E-state index < -0.39 is 11.5 Å². The number of amides is 2. The average molecular weight is 471 g/mol. The summed E-state index contributed by atoms with van der Waals surface area (Å²) in [5.41, 5.74) is 0.234. The number of nitrogens with zero attached hydrogens (tertiary/aromatic N) is 3. The molecule has 2 aromatic heterocycles. The predicted molar refractivity (Wildman–Crippen MR) is 129 cm³/mol. The van der Waals surface area contributed by atoms with Crippen molar-refractivity contribution in [2.75, 3.05) is 17.7 Å². The molecule has 0 saturated heterocycles. The number of hydrogen-bond acceptors (Lipinski definition) is 7. The number of carbonyl (C=O) groups is 2. The van der Waals surface area contributed by atoms with Crippen molar-refractivity contribution in [3.05, 3.63) is 95.3 Å². The molecule has 4 aromatic rings. The molecule has 0 atom stereocenters. The summed E-state index contributed by atoms with van der Waals surface area (Å²) in [5, 5.41) is 5.25. The Morgan fingerprint density at radius 1 is 0.857 bits per heavy atom. The summed E-state index contributed by atoms with van der Waals surface area (Å²) in [5.74, 6) is 1.13. The molecule has 10 heteroatoms. The van der Waals surface area contributed by atoms with Gasteiger partial charge in [0.05, 0.1) is 7.11 Å². The van der Waals surface area contributed by atoms with Gasteiger partial charge >= 0.3 is 0 Å². The number of anilines is 2. The Labute approximate surface area is 200 Å². The van der Waals surface area contributed by atoms with E-state index in [0.29, 0.717) is 34.4 Å². The first-order chi connectivity index (χ1) is 16.9. The lowest BCUT2D eigenvalue weighted by Crippen LogP contribution is -2.29. The number of rotatable bonds is 7. The van der Waals surface area contributed by atoms with Gasteiger partial charge < -0.3 is 20.1 Å².